The standard InChI is InChI=1S/C14H18Cl2N2O2S/c1-8-3-12(15)9(2)14(13(8)16)21(19,20)18-6-10-4-17-5-11(10)7-18/h3,10-11,17H,4-7H2,1-2H3/t10-,11+. The number of nitrogens with one attached hydrogen (secondary N) is 1. The molecule has 7 heteroatoms. The minimum atomic E-state index is -3.60. The number of halogens is 2. The molecule has 2 aliphatic heterocycles. The van der Waals surface area contributed by atoms with Crippen molar-refractivity contribution in [1.29, 1.82) is 0 Å². The summed E-state index contributed by atoms with van der Waals surface area (Å²) in [6.45, 7) is 6.37. The van der Waals surface area contributed by atoms with Crippen LogP contribution < -0.4 is 5.32 Å². The van der Waals surface area contributed by atoms with Crippen molar-refractivity contribution < 1.29 is 8.42 Å². The molecule has 0 bridgehead atoms. The predicted molar refractivity (Wildman–Crippen MR) is 84.5 cm³/mol. The first-order chi connectivity index (χ1) is 9.82. The molecule has 2 heterocycles. The van der Waals surface area contributed by atoms with E-state index < -0.39 is 10.0 Å². The van der Waals surface area contributed by atoms with Gasteiger partial charge in [-0.1, -0.05) is 23.2 Å². The maximum atomic E-state index is 13.0. The van der Waals surface area contributed by atoms with Crippen LogP contribution in [0.5, 0.6) is 0 Å². The van der Waals surface area contributed by atoms with Crippen LogP contribution in [0, 0.1) is 25.7 Å². The van der Waals surface area contributed by atoms with E-state index in [-0.39, 0.29) is 9.92 Å². The van der Waals surface area contributed by atoms with Crippen LogP contribution in [0.25, 0.3) is 0 Å². The maximum absolute atomic E-state index is 13.0. The van der Waals surface area contributed by atoms with Crippen molar-refractivity contribution in [2.45, 2.75) is 18.7 Å². The van der Waals surface area contributed by atoms with Crippen molar-refractivity contribution in [3.8, 4) is 0 Å². The van der Waals surface area contributed by atoms with Gasteiger partial charge in [-0.3, -0.25) is 0 Å². The first-order valence-electron chi connectivity index (χ1n) is 6.98. The Balaban J connectivity index is 2.04. The smallest absolute Gasteiger partial charge is 0.244 e. The van der Waals surface area contributed by atoms with E-state index in [1.54, 1.807) is 24.2 Å². The first kappa shape index (κ1) is 15.6. The molecular formula is C14H18Cl2N2O2S. The largest absolute Gasteiger partial charge is 0.316 e. The van der Waals surface area contributed by atoms with Crippen molar-refractivity contribution in [3.63, 3.8) is 0 Å². The molecule has 0 spiro atoms. The Labute approximate surface area is 135 Å². The van der Waals surface area contributed by atoms with Crippen LogP contribution in [0.2, 0.25) is 10.0 Å². The highest BCUT2D eigenvalue weighted by molar-refractivity contribution is 7.89. The predicted octanol–water partition coefficient (Wildman–Crippen LogP) is 2.45. The minimum Gasteiger partial charge on any atom is -0.316 e. The Morgan fingerprint density at radius 2 is 1.76 bits per heavy atom. The molecule has 1 aromatic carbocycles. The molecule has 0 aromatic heterocycles. The summed E-state index contributed by atoms with van der Waals surface area (Å²) in [6, 6.07) is 1.71. The lowest BCUT2D eigenvalue weighted by atomic mass is 10.0. The van der Waals surface area contributed by atoms with Crippen LogP contribution in [0.3, 0.4) is 0 Å². The normalized spacial score (nSPS) is 26.3. The number of aryl methyl sites for hydroxylation is 1. The Morgan fingerprint density at radius 3 is 2.33 bits per heavy atom. The molecular weight excluding hydrogens is 331 g/mol. The van der Waals surface area contributed by atoms with E-state index in [1.165, 1.54) is 0 Å². The van der Waals surface area contributed by atoms with Gasteiger partial charge in [0.1, 0.15) is 4.90 Å². The third kappa shape index (κ3) is 2.49. The van der Waals surface area contributed by atoms with Gasteiger partial charge in [-0.2, -0.15) is 4.31 Å². The average molecular weight is 349 g/mol. The molecule has 116 valence electrons. The van der Waals surface area contributed by atoms with E-state index in [1.807, 2.05) is 0 Å². The molecule has 0 unspecified atom stereocenters. The number of hydrogen-bond donors (Lipinski definition) is 1. The van der Waals surface area contributed by atoms with Gasteiger partial charge in [0.05, 0.1) is 5.02 Å². The van der Waals surface area contributed by atoms with Crippen molar-refractivity contribution >= 4 is 33.2 Å². The molecule has 0 aliphatic carbocycles. The van der Waals surface area contributed by atoms with Crippen LogP contribution in [0.4, 0.5) is 0 Å². The summed E-state index contributed by atoms with van der Waals surface area (Å²) in [6.07, 6.45) is 0. The average Bonchev–Trinajstić information content (AvgIpc) is 2.97. The lowest BCUT2D eigenvalue weighted by molar-refractivity contribution is 0.447. The monoisotopic (exact) mass is 348 g/mol. The van der Waals surface area contributed by atoms with Gasteiger partial charge in [-0.25, -0.2) is 8.42 Å². The zero-order valence-electron chi connectivity index (χ0n) is 12.0. The van der Waals surface area contributed by atoms with Crippen molar-refractivity contribution in [2.24, 2.45) is 11.8 Å². The van der Waals surface area contributed by atoms with Crippen molar-refractivity contribution in [2.75, 3.05) is 26.2 Å². The third-order valence-electron chi connectivity index (χ3n) is 4.54. The van der Waals surface area contributed by atoms with Crippen LogP contribution in [0.1, 0.15) is 11.1 Å². The van der Waals surface area contributed by atoms with Gasteiger partial charge >= 0.3 is 0 Å². The zero-order valence-corrected chi connectivity index (χ0v) is 14.3. The van der Waals surface area contributed by atoms with Crippen molar-refractivity contribution in [3.05, 3.63) is 27.2 Å². The van der Waals surface area contributed by atoms with Crippen LogP contribution >= 0.6 is 23.2 Å². The number of hydrogen-bond acceptors (Lipinski definition) is 3. The second kappa shape index (κ2) is 5.39. The molecule has 0 amide bonds. The van der Waals surface area contributed by atoms with Gasteiger partial charge in [-0.15, -0.1) is 0 Å². The van der Waals surface area contributed by atoms with Gasteiger partial charge in [0, 0.05) is 18.1 Å². The van der Waals surface area contributed by atoms with E-state index in [0.717, 1.165) is 13.1 Å². The molecule has 0 radical (unpaired) electrons. The van der Waals surface area contributed by atoms with Gasteiger partial charge < -0.3 is 5.32 Å². The second-order valence-corrected chi connectivity index (χ2v) is 8.60. The maximum Gasteiger partial charge on any atom is 0.244 e. The molecule has 4 nitrogen and oxygen atoms in total. The third-order valence-corrected chi connectivity index (χ3v) is 7.54. The summed E-state index contributed by atoms with van der Waals surface area (Å²) in [5.74, 6) is 0.804. The highest BCUT2D eigenvalue weighted by Gasteiger charge is 2.42. The molecule has 21 heavy (non-hydrogen) atoms. The summed E-state index contributed by atoms with van der Waals surface area (Å²) in [5.41, 5.74) is 1.22. The Morgan fingerprint density at radius 1 is 1.19 bits per heavy atom. The molecule has 2 aliphatic rings. The Bertz CT molecular complexity index is 652. The molecule has 2 atom stereocenters. The number of rotatable bonds is 2. The SMILES string of the molecule is Cc1cc(Cl)c(C)c(S(=O)(=O)N2C[C@H]3CNC[C@H]3C2)c1Cl. The summed E-state index contributed by atoms with van der Waals surface area (Å²) in [5, 5.41) is 4.03. The molecule has 2 fully saturated rings. The quantitative estimate of drug-likeness (QED) is 0.892. The van der Waals surface area contributed by atoms with Gasteiger partial charge in [0.2, 0.25) is 10.0 Å². The van der Waals surface area contributed by atoms with Crippen LogP contribution in [-0.2, 0) is 10.0 Å². The molecule has 3 rings (SSSR count). The second-order valence-electron chi connectivity index (χ2n) is 5.94. The molecule has 1 aromatic rings. The number of benzene rings is 1. The topological polar surface area (TPSA) is 49.4 Å². The fourth-order valence-corrected chi connectivity index (χ4v) is 5.98. The van der Waals surface area contributed by atoms with Crippen molar-refractivity contribution in [1.82, 2.24) is 9.62 Å². The fraction of sp³-hybridized carbons (Fsp3) is 0.571. The van der Waals surface area contributed by atoms with E-state index in [9.17, 15) is 8.42 Å². The van der Waals surface area contributed by atoms with Gasteiger partial charge in [0.25, 0.3) is 0 Å². The minimum absolute atomic E-state index is 0.169. The van der Waals surface area contributed by atoms with Gasteiger partial charge in [0.15, 0.2) is 0 Å². The van der Waals surface area contributed by atoms with E-state index in [0.29, 0.717) is 41.1 Å². The number of nitrogens with zero attached hydrogens (tertiary/aromatic N) is 1. The number of fused-ring (bicyclic) bond motifs is 1. The zero-order chi connectivity index (χ0) is 15.4. The lowest BCUT2D eigenvalue weighted by Crippen LogP contribution is -2.32. The van der Waals surface area contributed by atoms with E-state index >= 15 is 0 Å². The van der Waals surface area contributed by atoms with Crippen LogP contribution in [-0.4, -0.2) is 38.9 Å². The lowest BCUT2D eigenvalue weighted by Gasteiger charge is -2.21. The summed E-state index contributed by atoms with van der Waals surface area (Å²) >= 11 is 12.4. The number of sulfonamides is 1. The highest BCUT2D eigenvalue weighted by atomic mass is 35.5. The Kier molecular flexibility index (Phi) is 3.99. The molecule has 0 saturated carbocycles. The molecule has 1 N–H and O–H groups in total. The highest BCUT2D eigenvalue weighted by Crippen LogP contribution is 2.38. The first-order valence-corrected chi connectivity index (χ1v) is 9.18. The summed E-state index contributed by atoms with van der Waals surface area (Å²) < 4.78 is 27.5. The summed E-state index contributed by atoms with van der Waals surface area (Å²) in [7, 11) is -3.60. The van der Waals surface area contributed by atoms with Crippen LogP contribution in [0.15, 0.2) is 11.0 Å². The van der Waals surface area contributed by atoms with E-state index in [4.69, 9.17) is 23.2 Å². The molecule has 2 saturated heterocycles. The Hall–Kier alpha value is -0.330. The van der Waals surface area contributed by atoms with Gasteiger partial charge in [-0.05, 0) is 56.0 Å². The summed E-state index contributed by atoms with van der Waals surface area (Å²) in [4.78, 5) is 0.169. The fourth-order valence-electron chi connectivity index (χ4n) is 3.26. The van der Waals surface area contributed by atoms with E-state index in [2.05, 4.69) is 5.32 Å².